The molecule has 1 aromatic carbocycles. The van der Waals surface area contributed by atoms with E-state index in [0.717, 1.165) is 18.1 Å². The van der Waals surface area contributed by atoms with Gasteiger partial charge in [-0.15, -0.1) is 0 Å². The fourth-order valence-electron chi connectivity index (χ4n) is 2.38. The van der Waals surface area contributed by atoms with E-state index in [-0.39, 0.29) is 0 Å². The van der Waals surface area contributed by atoms with Gasteiger partial charge in [-0.1, -0.05) is 39.7 Å². The van der Waals surface area contributed by atoms with E-state index in [1.807, 2.05) is 12.1 Å². The smallest absolute Gasteiger partial charge is 0.0575 e. The van der Waals surface area contributed by atoms with Crippen molar-refractivity contribution in [3.63, 3.8) is 0 Å². The Morgan fingerprint density at radius 2 is 2.06 bits per heavy atom. The van der Waals surface area contributed by atoms with Gasteiger partial charge in [0.25, 0.3) is 0 Å². The minimum absolute atomic E-state index is 0.490. The second-order valence-electron chi connectivity index (χ2n) is 4.99. The highest BCUT2D eigenvalue weighted by Crippen LogP contribution is 2.22. The van der Waals surface area contributed by atoms with Crippen molar-refractivity contribution >= 4 is 27.5 Å². The Morgan fingerprint density at radius 3 is 2.72 bits per heavy atom. The molecule has 0 aliphatic carbocycles. The highest BCUT2D eigenvalue weighted by Gasteiger charge is 2.15. The summed E-state index contributed by atoms with van der Waals surface area (Å²) < 4.78 is 5.76. The van der Waals surface area contributed by atoms with Crippen molar-refractivity contribution in [2.75, 3.05) is 6.61 Å². The summed E-state index contributed by atoms with van der Waals surface area (Å²) in [5.74, 6) is 0. The molecule has 1 aromatic rings. The van der Waals surface area contributed by atoms with Gasteiger partial charge in [0.2, 0.25) is 0 Å². The Bertz CT molecular complexity index is 346. The average molecular weight is 332 g/mol. The minimum Gasteiger partial charge on any atom is -0.378 e. The number of rotatable bonds is 5. The van der Waals surface area contributed by atoms with Crippen LogP contribution < -0.4 is 0 Å². The monoisotopic (exact) mass is 330 g/mol. The van der Waals surface area contributed by atoms with Gasteiger partial charge >= 0.3 is 0 Å². The van der Waals surface area contributed by atoms with Gasteiger partial charge in [0.05, 0.1) is 6.10 Å². The highest BCUT2D eigenvalue weighted by molar-refractivity contribution is 9.09. The van der Waals surface area contributed by atoms with Crippen molar-refractivity contribution in [2.24, 2.45) is 0 Å². The van der Waals surface area contributed by atoms with Gasteiger partial charge in [-0.05, 0) is 56.2 Å². The zero-order valence-corrected chi connectivity index (χ0v) is 12.9. The molecule has 0 bridgehead atoms. The number of ether oxygens (including phenoxy) is 1. The van der Waals surface area contributed by atoms with Crippen molar-refractivity contribution in [3.05, 3.63) is 34.9 Å². The van der Waals surface area contributed by atoms with Crippen LogP contribution in [-0.2, 0) is 11.2 Å². The summed E-state index contributed by atoms with van der Waals surface area (Å²) in [5.41, 5.74) is 1.34. The van der Waals surface area contributed by atoms with Gasteiger partial charge in [-0.2, -0.15) is 0 Å². The summed E-state index contributed by atoms with van der Waals surface area (Å²) in [5, 5.41) is 0.806. The summed E-state index contributed by atoms with van der Waals surface area (Å²) in [6, 6.07) is 8.13. The second-order valence-corrected chi connectivity index (χ2v) is 6.73. The number of alkyl halides is 1. The van der Waals surface area contributed by atoms with E-state index in [1.165, 1.54) is 37.7 Å². The maximum Gasteiger partial charge on any atom is 0.0575 e. The Balaban J connectivity index is 1.71. The van der Waals surface area contributed by atoms with Crippen LogP contribution in [0.15, 0.2) is 24.3 Å². The largest absolute Gasteiger partial charge is 0.378 e. The maximum absolute atomic E-state index is 5.88. The summed E-state index contributed by atoms with van der Waals surface area (Å²) in [7, 11) is 0. The lowest BCUT2D eigenvalue weighted by molar-refractivity contribution is 0.0102. The van der Waals surface area contributed by atoms with Gasteiger partial charge < -0.3 is 4.74 Å². The van der Waals surface area contributed by atoms with E-state index in [1.54, 1.807) is 0 Å². The molecular weight excluding hydrogens is 312 g/mol. The first-order valence-electron chi connectivity index (χ1n) is 6.74. The molecule has 1 saturated heterocycles. The first-order chi connectivity index (χ1) is 8.74. The van der Waals surface area contributed by atoms with Gasteiger partial charge in [0, 0.05) is 16.5 Å². The molecule has 1 nitrogen and oxygen atoms in total. The first-order valence-corrected chi connectivity index (χ1v) is 8.03. The summed E-state index contributed by atoms with van der Waals surface area (Å²) in [4.78, 5) is 0.532. The average Bonchev–Trinajstić information content (AvgIpc) is 2.40. The Kier molecular flexibility index (Phi) is 6.00. The van der Waals surface area contributed by atoms with Crippen molar-refractivity contribution in [3.8, 4) is 0 Å². The van der Waals surface area contributed by atoms with Crippen LogP contribution in [0, 0.1) is 0 Å². The van der Waals surface area contributed by atoms with Gasteiger partial charge in [0.15, 0.2) is 0 Å². The number of benzene rings is 1. The van der Waals surface area contributed by atoms with E-state index in [4.69, 9.17) is 16.3 Å². The summed E-state index contributed by atoms with van der Waals surface area (Å²) in [6.07, 6.45) is 7.69. The zero-order chi connectivity index (χ0) is 12.8. The Morgan fingerprint density at radius 1 is 1.28 bits per heavy atom. The van der Waals surface area contributed by atoms with Crippen LogP contribution in [-0.4, -0.2) is 17.5 Å². The fourth-order valence-corrected chi connectivity index (χ4v) is 3.14. The minimum atomic E-state index is 0.490. The van der Waals surface area contributed by atoms with E-state index in [2.05, 4.69) is 28.1 Å². The lowest BCUT2D eigenvalue weighted by Gasteiger charge is -2.23. The van der Waals surface area contributed by atoms with Crippen molar-refractivity contribution in [1.82, 2.24) is 0 Å². The molecule has 0 saturated carbocycles. The van der Waals surface area contributed by atoms with E-state index >= 15 is 0 Å². The zero-order valence-electron chi connectivity index (χ0n) is 10.6. The molecule has 1 aliphatic heterocycles. The van der Waals surface area contributed by atoms with Crippen LogP contribution in [0.2, 0.25) is 5.02 Å². The van der Waals surface area contributed by atoms with E-state index < -0.39 is 0 Å². The molecule has 0 amide bonds. The second kappa shape index (κ2) is 7.52. The van der Waals surface area contributed by atoms with Crippen LogP contribution in [0.3, 0.4) is 0 Å². The van der Waals surface area contributed by atoms with E-state index in [0.29, 0.717) is 10.9 Å². The molecule has 0 radical (unpaired) electrons. The highest BCUT2D eigenvalue weighted by atomic mass is 79.9. The SMILES string of the molecule is Clc1ccc(CC(Br)CCC2CCCCO2)cc1. The number of halogens is 2. The predicted octanol–water partition coefficient (Wildman–Crippen LogP) is 5.00. The molecule has 100 valence electrons. The molecule has 2 rings (SSSR count). The van der Waals surface area contributed by atoms with Crippen LogP contribution in [0.4, 0.5) is 0 Å². The van der Waals surface area contributed by atoms with Crippen molar-refractivity contribution in [2.45, 2.75) is 49.5 Å². The Labute approximate surface area is 123 Å². The third-order valence-corrected chi connectivity index (χ3v) is 4.48. The van der Waals surface area contributed by atoms with Gasteiger partial charge in [0.1, 0.15) is 0 Å². The fraction of sp³-hybridized carbons (Fsp3) is 0.600. The first kappa shape index (κ1) is 14.4. The molecule has 0 aromatic heterocycles. The summed E-state index contributed by atoms with van der Waals surface area (Å²) in [6.45, 7) is 0.953. The molecule has 3 heteroatoms. The molecule has 0 spiro atoms. The molecule has 1 heterocycles. The van der Waals surface area contributed by atoms with Gasteiger partial charge in [-0.3, -0.25) is 0 Å². The molecule has 0 N–H and O–H groups in total. The van der Waals surface area contributed by atoms with Gasteiger partial charge in [-0.25, -0.2) is 0 Å². The van der Waals surface area contributed by atoms with E-state index in [9.17, 15) is 0 Å². The predicted molar refractivity (Wildman–Crippen MR) is 80.7 cm³/mol. The van der Waals surface area contributed by atoms with Crippen molar-refractivity contribution in [1.29, 1.82) is 0 Å². The normalized spacial score (nSPS) is 21.8. The maximum atomic E-state index is 5.88. The molecular formula is C15H20BrClO. The molecule has 2 unspecified atom stereocenters. The lowest BCUT2D eigenvalue weighted by atomic mass is 10.0. The lowest BCUT2D eigenvalue weighted by Crippen LogP contribution is -2.20. The third kappa shape index (κ3) is 4.91. The number of hydrogen-bond acceptors (Lipinski definition) is 1. The number of hydrogen-bond donors (Lipinski definition) is 0. The van der Waals surface area contributed by atoms with Crippen molar-refractivity contribution < 1.29 is 4.74 Å². The standard InChI is InChI=1S/C15H20BrClO/c16-13(6-9-15-3-1-2-10-18-15)11-12-4-7-14(17)8-5-12/h4-5,7-8,13,15H,1-3,6,9-11H2. The quantitative estimate of drug-likeness (QED) is 0.690. The molecule has 18 heavy (non-hydrogen) atoms. The topological polar surface area (TPSA) is 9.23 Å². The molecule has 1 fully saturated rings. The Hall–Kier alpha value is -0.0500. The molecule has 2 atom stereocenters. The van der Waals surface area contributed by atoms with Crippen LogP contribution >= 0.6 is 27.5 Å². The third-order valence-electron chi connectivity index (χ3n) is 3.45. The molecule has 1 aliphatic rings. The summed E-state index contributed by atoms with van der Waals surface area (Å²) >= 11 is 9.65. The van der Waals surface area contributed by atoms with Crippen LogP contribution in [0.25, 0.3) is 0 Å². The van der Waals surface area contributed by atoms with Crippen LogP contribution in [0.1, 0.15) is 37.7 Å². The van der Waals surface area contributed by atoms with Crippen LogP contribution in [0.5, 0.6) is 0 Å².